The van der Waals surface area contributed by atoms with Crippen molar-refractivity contribution in [1.82, 2.24) is 19.9 Å². The lowest BCUT2D eigenvalue weighted by Gasteiger charge is -2.10. The van der Waals surface area contributed by atoms with Crippen LogP contribution in [0.4, 0.5) is 0 Å². The Morgan fingerprint density at radius 1 is 0.292 bits per heavy atom. The molecule has 226 valence electrons. The van der Waals surface area contributed by atoms with Crippen LogP contribution in [0.15, 0.2) is 146 Å². The van der Waals surface area contributed by atoms with Crippen LogP contribution in [0.1, 0.15) is 11.1 Å². The molecule has 0 aliphatic carbocycles. The highest BCUT2D eigenvalue weighted by Gasteiger charge is 2.12. The van der Waals surface area contributed by atoms with Gasteiger partial charge in [0.1, 0.15) is 0 Å². The smallest absolute Gasteiger partial charge is 0.0972 e. The zero-order chi connectivity index (χ0) is 32.2. The van der Waals surface area contributed by atoms with Crippen LogP contribution in [0.2, 0.25) is 0 Å². The fourth-order valence-electron chi connectivity index (χ4n) is 6.63. The second kappa shape index (κ2) is 11.2. The zero-order valence-electron chi connectivity index (χ0n) is 26.6. The molecule has 9 rings (SSSR count). The van der Waals surface area contributed by atoms with Crippen LogP contribution >= 0.6 is 0 Å². The lowest BCUT2D eigenvalue weighted by molar-refractivity contribution is 1.35. The molecule has 4 heterocycles. The minimum absolute atomic E-state index is 0.898. The number of hydrogen-bond acceptors (Lipinski definition) is 4. The van der Waals surface area contributed by atoms with E-state index in [9.17, 15) is 0 Å². The fourth-order valence-corrected chi connectivity index (χ4v) is 6.63. The van der Waals surface area contributed by atoms with Crippen LogP contribution in [0.5, 0.6) is 0 Å². The van der Waals surface area contributed by atoms with Crippen molar-refractivity contribution in [3.63, 3.8) is 0 Å². The van der Waals surface area contributed by atoms with Crippen molar-refractivity contribution < 1.29 is 0 Å². The summed E-state index contributed by atoms with van der Waals surface area (Å²) in [6, 6.07) is 50.9. The highest BCUT2D eigenvalue weighted by atomic mass is 14.8. The maximum absolute atomic E-state index is 5.20. The Hall–Kier alpha value is -6.26. The highest BCUT2D eigenvalue weighted by molar-refractivity contribution is 6.05. The molecule has 0 radical (unpaired) electrons. The molecule has 0 spiro atoms. The van der Waals surface area contributed by atoms with Crippen molar-refractivity contribution >= 4 is 43.6 Å². The van der Waals surface area contributed by atoms with Gasteiger partial charge in [0.25, 0.3) is 0 Å². The molecule has 9 aromatic rings. The minimum Gasteiger partial charge on any atom is -0.245 e. The van der Waals surface area contributed by atoms with Crippen LogP contribution in [-0.2, 0) is 0 Å². The molecular weight excluding hydrogens is 585 g/mol. The average molecular weight is 615 g/mol. The van der Waals surface area contributed by atoms with E-state index in [0.29, 0.717) is 0 Å². The first-order chi connectivity index (χ1) is 23.6. The fraction of sp³-hybridized carbons (Fsp3) is 0.0455. The third kappa shape index (κ3) is 4.95. The van der Waals surface area contributed by atoms with E-state index >= 15 is 0 Å². The molecule has 0 saturated heterocycles. The van der Waals surface area contributed by atoms with Crippen molar-refractivity contribution in [3.05, 3.63) is 157 Å². The third-order valence-corrected chi connectivity index (χ3v) is 9.12. The standard InChI is InChI=1S/C44H30N4/c1-27-6-3-8-33(24-27)37-20-16-29-12-14-31-18-22-39(47-43(31)41(29)45-37)35-10-5-11-36(26-35)40-23-19-32-15-13-30-17-21-38(46-42(30)44(32)48-40)34-9-4-7-28(2)25-34/h3-26H,1-2H3. The molecule has 4 heteroatoms. The molecule has 0 N–H and O–H groups in total. The molecule has 0 aliphatic rings. The maximum atomic E-state index is 5.20. The van der Waals surface area contributed by atoms with Crippen LogP contribution in [0.3, 0.4) is 0 Å². The molecule has 4 nitrogen and oxygen atoms in total. The van der Waals surface area contributed by atoms with Gasteiger partial charge in [0.2, 0.25) is 0 Å². The quantitative estimate of drug-likeness (QED) is 0.185. The Balaban J connectivity index is 1.14. The Bertz CT molecular complexity index is 2530. The second-order valence-electron chi connectivity index (χ2n) is 12.5. The van der Waals surface area contributed by atoms with Crippen molar-refractivity contribution in [2.75, 3.05) is 0 Å². The summed E-state index contributed by atoms with van der Waals surface area (Å²) in [6.45, 7) is 4.22. The zero-order valence-corrected chi connectivity index (χ0v) is 26.6. The number of aromatic nitrogens is 4. The van der Waals surface area contributed by atoms with E-state index in [4.69, 9.17) is 19.9 Å². The second-order valence-corrected chi connectivity index (χ2v) is 12.5. The molecule has 0 aliphatic heterocycles. The van der Waals surface area contributed by atoms with Crippen LogP contribution in [-0.4, -0.2) is 19.9 Å². The van der Waals surface area contributed by atoms with E-state index in [1.165, 1.54) is 11.1 Å². The molecule has 0 saturated carbocycles. The van der Waals surface area contributed by atoms with E-state index < -0.39 is 0 Å². The van der Waals surface area contributed by atoms with Crippen molar-refractivity contribution in [3.8, 4) is 45.0 Å². The predicted molar refractivity (Wildman–Crippen MR) is 199 cm³/mol. The number of nitrogens with zero attached hydrogens (tertiary/aromatic N) is 4. The van der Waals surface area contributed by atoms with Gasteiger partial charge in [0.05, 0.1) is 44.8 Å². The summed E-state index contributed by atoms with van der Waals surface area (Å²) in [5.74, 6) is 0. The van der Waals surface area contributed by atoms with Crippen molar-refractivity contribution in [2.45, 2.75) is 13.8 Å². The largest absolute Gasteiger partial charge is 0.245 e. The summed E-state index contributed by atoms with van der Waals surface area (Å²) in [4.78, 5) is 20.6. The number of aryl methyl sites for hydroxylation is 2. The molecule has 0 amide bonds. The van der Waals surface area contributed by atoms with E-state index in [-0.39, 0.29) is 0 Å². The number of rotatable bonds is 4. The topological polar surface area (TPSA) is 51.6 Å². The van der Waals surface area contributed by atoms with Gasteiger partial charge in [-0.15, -0.1) is 0 Å². The molecule has 4 aromatic heterocycles. The monoisotopic (exact) mass is 614 g/mol. The van der Waals surface area contributed by atoms with E-state index in [0.717, 1.165) is 88.6 Å². The Morgan fingerprint density at radius 2 is 0.562 bits per heavy atom. The molecule has 0 fully saturated rings. The van der Waals surface area contributed by atoms with Crippen LogP contribution in [0, 0.1) is 13.8 Å². The molecule has 0 bridgehead atoms. The predicted octanol–water partition coefficient (Wildman–Crippen LogP) is 11.2. The molecule has 0 unspecified atom stereocenters. The summed E-state index contributed by atoms with van der Waals surface area (Å²) in [5, 5.41) is 4.28. The van der Waals surface area contributed by atoms with Gasteiger partial charge in [-0.3, -0.25) is 0 Å². The highest BCUT2D eigenvalue weighted by Crippen LogP contribution is 2.32. The van der Waals surface area contributed by atoms with Crippen molar-refractivity contribution in [1.29, 1.82) is 0 Å². The summed E-state index contributed by atoms with van der Waals surface area (Å²) in [5.41, 5.74) is 14.0. The molecule has 0 atom stereocenters. The van der Waals surface area contributed by atoms with E-state index in [2.05, 4.69) is 159 Å². The van der Waals surface area contributed by atoms with Gasteiger partial charge in [-0.05, 0) is 56.3 Å². The van der Waals surface area contributed by atoms with Gasteiger partial charge in [-0.2, -0.15) is 0 Å². The maximum Gasteiger partial charge on any atom is 0.0972 e. The SMILES string of the molecule is Cc1cccc(-c2ccc3ccc4ccc(-c5cccc(-c6ccc7ccc8ccc(-c9cccc(C)c9)nc8c7n6)c5)nc4c3n2)c1. The van der Waals surface area contributed by atoms with Gasteiger partial charge in [-0.1, -0.05) is 114 Å². The summed E-state index contributed by atoms with van der Waals surface area (Å²) in [6.07, 6.45) is 0. The first kappa shape index (κ1) is 28.0. The first-order valence-corrected chi connectivity index (χ1v) is 16.2. The number of pyridine rings is 4. The Labute approximate surface area is 278 Å². The molecule has 5 aromatic carbocycles. The summed E-state index contributed by atoms with van der Waals surface area (Å²) >= 11 is 0. The molecular formula is C44H30N4. The lowest BCUT2D eigenvalue weighted by Crippen LogP contribution is -1.92. The minimum atomic E-state index is 0.898. The van der Waals surface area contributed by atoms with Gasteiger partial charge in [0.15, 0.2) is 0 Å². The van der Waals surface area contributed by atoms with Gasteiger partial charge < -0.3 is 0 Å². The number of hydrogen-bond donors (Lipinski definition) is 0. The van der Waals surface area contributed by atoms with Crippen LogP contribution < -0.4 is 0 Å². The normalized spacial score (nSPS) is 11.5. The number of fused-ring (bicyclic) bond motifs is 6. The van der Waals surface area contributed by atoms with Crippen LogP contribution in [0.25, 0.3) is 88.6 Å². The average Bonchev–Trinajstić information content (AvgIpc) is 3.14. The van der Waals surface area contributed by atoms with Gasteiger partial charge in [-0.25, -0.2) is 19.9 Å². The summed E-state index contributed by atoms with van der Waals surface area (Å²) < 4.78 is 0. The first-order valence-electron chi connectivity index (χ1n) is 16.2. The lowest BCUT2D eigenvalue weighted by atomic mass is 10.0. The Kier molecular flexibility index (Phi) is 6.54. The third-order valence-electron chi connectivity index (χ3n) is 9.12. The van der Waals surface area contributed by atoms with E-state index in [1.54, 1.807) is 0 Å². The summed E-state index contributed by atoms with van der Waals surface area (Å²) in [7, 11) is 0. The van der Waals surface area contributed by atoms with Crippen molar-refractivity contribution in [2.24, 2.45) is 0 Å². The van der Waals surface area contributed by atoms with Gasteiger partial charge in [0, 0.05) is 43.8 Å². The number of benzene rings is 5. The van der Waals surface area contributed by atoms with Gasteiger partial charge >= 0.3 is 0 Å². The van der Waals surface area contributed by atoms with E-state index in [1.807, 2.05) is 0 Å². The molecule has 48 heavy (non-hydrogen) atoms. The Morgan fingerprint density at radius 3 is 0.875 bits per heavy atom.